The lowest BCUT2D eigenvalue weighted by atomic mass is 9.55. The zero-order chi connectivity index (χ0) is 51.9. The van der Waals surface area contributed by atoms with Crippen LogP contribution in [0.5, 0.6) is 11.5 Å². The van der Waals surface area contributed by atoms with Crippen LogP contribution in [0.2, 0.25) is 0 Å². The number of aliphatic hydroxyl groups excluding tert-OH is 2. The van der Waals surface area contributed by atoms with Crippen molar-refractivity contribution in [2.45, 2.75) is 89.4 Å². The van der Waals surface area contributed by atoms with Gasteiger partial charge in [0.1, 0.15) is 30.8 Å². The lowest BCUT2D eigenvalue weighted by Gasteiger charge is -2.59. The van der Waals surface area contributed by atoms with Crippen LogP contribution in [0.3, 0.4) is 0 Å². The molecule has 0 aromatic heterocycles. The van der Waals surface area contributed by atoms with Crippen LogP contribution >= 0.6 is 0 Å². The van der Waals surface area contributed by atoms with Crippen molar-refractivity contribution in [3.8, 4) is 11.5 Å². The SMILES string of the molecule is C=CCO[C@@]12Oc3ccc(OC(=O)NCC)cc3[C@H]3[C@H](CCCCO)[C@@H](CCCCO)C=C(C(=NOCc4ccc([N+](=O)[O-])cc4)C[C@@H]1N(Cc1cccc4ccccc14)C(=O)OCCOCc1ccccc1)[C@H]32. The van der Waals surface area contributed by atoms with Crippen LogP contribution in [0.15, 0.2) is 145 Å². The number of nitro benzene ring substituents is 1. The Kier molecular flexibility index (Phi) is 18.5. The molecule has 0 unspecified atom stereocenters. The van der Waals surface area contributed by atoms with Gasteiger partial charge in [-0.15, -0.1) is 6.58 Å². The first-order valence-corrected chi connectivity index (χ1v) is 25.6. The quantitative estimate of drug-likeness (QED) is 0.0217. The van der Waals surface area contributed by atoms with E-state index in [0.717, 1.165) is 45.9 Å². The van der Waals surface area contributed by atoms with Crippen LogP contribution < -0.4 is 14.8 Å². The van der Waals surface area contributed by atoms with Crippen LogP contribution in [0.25, 0.3) is 10.8 Å². The summed E-state index contributed by atoms with van der Waals surface area (Å²) in [6.45, 7) is 6.78. The van der Waals surface area contributed by atoms with Gasteiger partial charge in [-0.3, -0.25) is 15.0 Å². The van der Waals surface area contributed by atoms with Crippen LogP contribution in [0.4, 0.5) is 15.3 Å². The Morgan fingerprint density at radius 2 is 1.65 bits per heavy atom. The third kappa shape index (κ3) is 12.4. The highest BCUT2D eigenvalue weighted by Crippen LogP contribution is 2.62. The van der Waals surface area contributed by atoms with E-state index in [1.54, 1.807) is 35.2 Å². The molecule has 2 aliphatic carbocycles. The Balaban J connectivity index is 1.30. The molecule has 1 fully saturated rings. The number of amides is 2. The molecule has 1 heterocycles. The number of carbonyl (C=O) groups excluding carboxylic acids is 2. The zero-order valence-corrected chi connectivity index (χ0v) is 41.9. The summed E-state index contributed by atoms with van der Waals surface area (Å²) in [5.41, 5.74) is 4.53. The maximum Gasteiger partial charge on any atom is 0.412 e. The number of fused-ring (bicyclic) bond motifs is 3. The van der Waals surface area contributed by atoms with Crippen molar-refractivity contribution in [2.75, 3.05) is 39.6 Å². The summed E-state index contributed by atoms with van der Waals surface area (Å²) >= 11 is 0. The molecule has 5 aromatic carbocycles. The van der Waals surface area contributed by atoms with Crippen LogP contribution in [-0.2, 0) is 38.8 Å². The number of allylic oxidation sites excluding steroid dienone is 1. The molecule has 0 radical (unpaired) electrons. The number of rotatable bonds is 25. The fourth-order valence-corrected chi connectivity index (χ4v) is 10.8. The fraction of sp³-hybridized carbons (Fsp3) is 0.397. The van der Waals surface area contributed by atoms with Crippen LogP contribution in [0, 0.1) is 27.9 Å². The molecule has 1 saturated carbocycles. The van der Waals surface area contributed by atoms with Crippen molar-refractivity contribution in [3.05, 3.63) is 172 Å². The molecule has 0 bridgehead atoms. The van der Waals surface area contributed by atoms with E-state index >= 15 is 4.79 Å². The minimum absolute atomic E-state index is 0.0139. The number of nitrogens with zero attached hydrogens (tertiary/aromatic N) is 3. The highest BCUT2D eigenvalue weighted by Gasteiger charge is 2.66. The Labute approximate surface area is 431 Å². The van der Waals surface area contributed by atoms with Crippen molar-refractivity contribution in [2.24, 2.45) is 22.9 Å². The van der Waals surface area contributed by atoms with Gasteiger partial charge in [0.25, 0.3) is 5.69 Å². The normalized spacial score (nSPS) is 21.1. The van der Waals surface area contributed by atoms with E-state index in [1.165, 1.54) is 12.1 Å². The van der Waals surface area contributed by atoms with Gasteiger partial charge < -0.3 is 44.1 Å². The molecule has 0 spiro atoms. The van der Waals surface area contributed by atoms with Gasteiger partial charge in [-0.1, -0.05) is 103 Å². The second kappa shape index (κ2) is 25.7. The van der Waals surface area contributed by atoms with Gasteiger partial charge in [0.2, 0.25) is 5.79 Å². The van der Waals surface area contributed by atoms with Crippen LogP contribution in [0.1, 0.15) is 80.0 Å². The van der Waals surface area contributed by atoms with Crippen molar-refractivity contribution >= 4 is 34.4 Å². The van der Waals surface area contributed by atoms with Gasteiger partial charge in [-0.2, -0.15) is 0 Å². The Bertz CT molecular complexity index is 2760. The first-order chi connectivity index (χ1) is 36.2. The summed E-state index contributed by atoms with van der Waals surface area (Å²) in [6.07, 6.45) is 6.71. The standard InChI is InChI=1S/C58H66N4O12/c1-3-31-71-58-53(61(37-44-20-14-19-42-17-8-9-21-47(42)44)57(66)70-33-32-69-38-40-15-6-5-7-16-40)36-51(60-72-39-41-23-25-45(26-24-41)62(67)68)49-34-43(18-10-12-29-63)48(22-11-13-30-64)54(55(49)58)50-35-46(27-28-52(50)74-58)73-56(65)59-4-2/h3,5-9,14-17,19-21,23-28,34-35,43,48,53-55,63-64H,1,4,10-13,18,22,29-33,36-39H2,2H3,(H,59,65)/t43-,48+,53-,54+,55+,58+/m0/s1. The Hall–Kier alpha value is -7.11. The molecule has 16 nitrogen and oxygen atoms in total. The molecule has 16 heteroatoms. The summed E-state index contributed by atoms with van der Waals surface area (Å²) < 4.78 is 32.6. The molecular weight excluding hydrogens is 945 g/mol. The number of benzene rings is 5. The lowest BCUT2D eigenvalue weighted by Crippen LogP contribution is -2.70. The Morgan fingerprint density at radius 1 is 0.905 bits per heavy atom. The molecule has 0 saturated heterocycles. The highest BCUT2D eigenvalue weighted by molar-refractivity contribution is 6.03. The van der Waals surface area contributed by atoms with Gasteiger partial charge in [-0.05, 0) is 108 Å². The zero-order valence-electron chi connectivity index (χ0n) is 41.9. The molecule has 5 aromatic rings. The number of hydrogen-bond acceptors (Lipinski definition) is 13. The van der Waals surface area contributed by atoms with Gasteiger partial charge >= 0.3 is 12.2 Å². The maximum absolute atomic E-state index is 15.3. The molecule has 1 aliphatic heterocycles. The third-order valence-corrected chi connectivity index (χ3v) is 14.1. The first-order valence-electron chi connectivity index (χ1n) is 25.6. The van der Waals surface area contributed by atoms with E-state index in [4.69, 9.17) is 33.7 Å². The van der Waals surface area contributed by atoms with E-state index in [0.29, 0.717) is 61.6 Å². The van der Waals surface area contributed by atoms with E-state index in [-0.39, 0.29) is 70.1 Å². The van der Waals surface area contributed by atoms with Gasteiger partial charge in [0, 0.05) is 49.8 Å². The molecule has 2 amide bonds. The number of aliphatic hydroxyl groups is 2. The number of hydrogen-bond donors (Lipinski definition) is 3. The molecular formula is C58H66N4O12. The molecule has 8 rings (SSSR count). The summed E-state index contributed by atoms with van der Waals surface area (Å²) in [4.78, 5) is 47.2. The number of unbranched alkanes of at least 4 members (excludes halogenated alkanes) is 2. The molecule has 6 atom stereocenters. The van der Waals surface area contributed by atoms with E-state index in [1.807, 2.05) is 85.8 Å². The summed E-state index contributed by atoms with van der Waals surface area (Å²) in [5, 5.41) is 41.2. The number of non-ortho nitro benzene ring substituents is 1. The number of carbonyl (C=O) groups is 2. The average molecular weight is 1010 g/mol. The first kappa shape index (κ1) is 53.2. The maximum atomic E-state index is 15.3. The largest absolute Gasteiger partial charge is 0.459 e. The Morgan fingerprint density at radius 3 is 2.41 bits per heavy atom. The summed E-state index contributed by atoms with van der Waals surface area (Å²) in [5.74, 6) is -2.11. The third-order valence-electron chi connectivity index (χ3n) is 14.1. The van der Waals surface area contributed by atoms with Crippen molar-refractivity contribution in [1.82, 2.24) is 10.2 Å². The van der Waals surface area contributed by atoms with Crippen molar-refractivity contribution < 1.29 is 53.2 Å². The van der Waals surface area contributed by atoms with Crippen molar-refractivity contribution in [1.29, 1.82) is 0 Å². The van der Waals surface area contributed by atoms with E-state index < -0.39 is 40.8 Å². The number of oxime groups is 1. The predicted octanol–water partition coefficient (Wildman–Crippen LogP) is 10.5. The van der Waals surface area contributed by atoms with Crippen LogP contribution in [-0.4, -0.2) is 89.3 Å². The molecule has 74 heavy (non-hydrogen) atoms. The predicted molar refractivity (Wildman–Crippen MR) is 279 cm³/mol. The lowest BCUT2D eigenvalue weighted by molar-refractivity contribution is -0.384. The second-order valence-corrected chi connectivity index (χ2v) is 18.8. The summed E-state index contributed by atoms with van der Waals surface area (Å²) in [6, 6.07) is 34.1. The minimum Gasteiger partial charge on any atom is -0.459 e. The molecule has 3 aliphatic rings. The molecule has 390 valence electrons. The monoisotopic (exact) mass is 1010 g/mol. The number of nitro groups is 1. The van der Waals surface area contributed by atoms with Gasteiger partial charge in [0.15, 0.2) is 0 Å². The minimum atomic E-state index is -1.63. The smallest absolute Gasteiger partial charge is 0.412 e. The average Bonchev–Trinajstić information content (AvgIpc) is 3.42. The number of ether oxygens (including phenoxy) is 5. The van der Waals surface area contributed by atoms with E-state index in [2.05, 4.69) is 18.0 Å². The fourth-order valence-electron chi connectivity index (χ4n) is 10.8. The molecule has 3 N–H and O–H groups in total. The summed E-state index contributed by atoms with van der Waals surface area (Å²) in [7, 11) is 0. The van der Waals surface area contributed by atoms with Crippen molar-refractivity contribution in [3.63, 3.8) is 0 Å². The van der Waals surface area contributed by atoms with Gasteiger partial charge in [0.05, 0.1) is 42.9 Å². The number of nitrogens with one attached hydrogen (secondary N) is 1. The second-order valence-electron chi connectivity index (χ2n) is 18.8. The topological polar surface area (TPSA) is 201 Å². The van der Waals surface area contributed by atoms with Gasteiger partial charge in [-0.25, -0.2) is 9.59 Å². The van der Waals surface area contributed by atoms with E-state index in [9.17, 15) is 25.1 Å². The highest BCUT2D eigenvalue weighted by atomic mass is 16.7.